The van der Waals surface area contributed by atoms with E-state index in [2.05, 4.69) is 10.3 Å². The van der Waals surface area contributed by atoms with E-state index >= 15 is 0 Å². The molecular weight excluding hydrogens is 357 g/mol. The van der Waals surface area contributed by atoms with Crippen molar-refractivity contribution in [3.05, 3.63) is 49.7 Å². The second-order valence-corrected chi connectivity index (χ2v) is 6.79. The van der Waals surface area contributed by atoms with Crippen LogP contribution in [0.1, 0.15) is 23.5 Å². The van der Waals surface area contributed by atoms with Gasteiger partial charge >= 0.3 is 0 Å². The number of benzene rings is 1. The molecule has 1 atom stereocenters. The lowest BCUT2D eigenvalue weighted by atomic mass is 9.87. The van der Waals surface area contributed by atoms with Crippen molar-refractivity contribution in [2.75, 3.05) is 11.6 Å². The summed E-state index contributed by atoms with van der Waals surface area (Å²) < 4.78 is 1.73. The van der Waals surface area contributed by atoms with Crippen LogP contribution in [0, 0.1) is 0 Å². The molecule has 0 saturated heterocycles. The predicted octanol–water partition coefficient (Wildman–Crippen LogP) is 3.28. The Morgan fingerprint density at radius 1 is 1.30 bits per heavy atom. The number of anilines is 1. The number of amides is 1. The minimum Gasteiger partial charge on any atom is -0.312 e. The Morgan fingerprint density at radius 2 is 2.04 bits per heavy atom. The molecular formula is C15H13Cl2N3O2S. The molecule has 0 aliphatic carbocycles. The number of hydrogen-bond acceptors (Lipinski definition) is 4. The first kappa shape index (κ1) is 16.4. The minimum atomic E-state index is -0.393. The fourth-order valence-corrected chi connectivity index (χ4v) is 3.58. The van der Waals surface area contributed by atoms with E-state index in [1.165, 1.54) is 11.8 Å². The molecule has 1 N–H and O–H groups in total. The van der Waals surface area contributed by atoms with Crippen molar-refractivity contribution in [2.24, 2.45) is 7.05 Å². The number of hydrogen-bond donors (Lipinski definition) is 1. The van der Waals surface area contributed by atoms with E-state index in [0.717, 1.165) is 5.56 Å². The number of nitrogens with zero attached hydrogens (tertiary/aromatic N) is 2. The molecule has 0 spiro atoms. The third kappa shape index (κ3) is 2.86. The maximum Gasteiger partial charge on any atom is 0.279 e. The predicted molar refractivity (Wildman–Crippen MR) is 92.8 cm³/mol. The van der Waals surface area contributed by atoms with Gasteiger partial charge in [-0.3, -0.25) is 9.59 Å². The monoisotopic (exact) mass is 369 g/mol. The molecule has 0 fully saturated rings. The molecule has 1 amide bonds. The van der Waals surface area contributed by atoms with Crippen LogP contribution in [0.15, 0.2) is 28.2 Å². The summed E-state index contributed by atoms with van der Waals surface area (Å²) >= 11 is 13.4. The molecule has 0 saturated carbocycles. The molecule has 0 radical (unpaired) electrons. The van der Waals surface area contributed by atoms with Gasteiger partial charge in [-0.2, -0.15) is 4.98 Å². The van der Waals surface area contributed by atoms with E-state index in [4.69, 9.17) is 23.2 Å². The summed E-state index contributed by atoms with van der Waals surface area (Å²) in [6.45, 7) is 0. The van der Waals surface area contributed by atoms with Crippen LogP contribution in [0.3, 0.4) is 0 Å². The van der Waals surface area contributed by atoms with Gasteiger partial charge in [0, 0.05) is 19.4 Å². The SMILES string of the molecule is CSc1nc(=O)c2c(n1C)NC(=O)C[C@H]2c1ccc(Cl)c(Cl)c1. The topological polar surface area (TPSA) is 64.0 Å². The van der Waals surface area contributed by atoms with Crippen LogP contribution in [0.5, 0.6) is 0 Å². The maximum atomic E-state index is 12.5. The van der Waals surface area contributed by atoms with Gasteiger partial charge in [0.2, 0.25) is 5.91 Å². The number of thioether (sulfide) groups is 1. The summed E-state index contributed by atoms with van der Waals surface area (Å²) in [5.74, 6) is -0.0564. The van der Waals surface area contributed by atoms with E-state index in [9.17, 15) is 9.59 Å². The third-order valence-corrected chi connectivity index (χ3v) is 5.30. The van der Waals surface area contributed by atoms with Crippen LogP contribution in [-0.4, -0.2) is 21.7 Å². The standard InChI is InChI=1S/C15H13Cl2N3O2S/c1-20-13-12(14(22)19-15(20)23-2)8(6-11(21)18-13)7-3-4-9(16)10(17)5-7/h3-5,8H,6H2,1-2H3,(H,18,21)/t8-/m0/s1. The van der Waals surface area contributed by atoms with Crippen molar-refractivity contribution in [1.29, 1.82) is 0 Å². The Kier molecular flexibility index (Phi) is 4.40. The second-order valence-electron chi connectivity index (χ2n) is 5.20. The fourth-order valence-electron chi connectivity index (χ4n) is 2.73. The molecule has 0 unspecified atom stereocenters. The highest BCUT2D eigenvalue weighted by Crippen LogP contribution is 2.37. The zero-order valence-corrected chi connectivity index (χ0v) is 14.7. The zero-order chi connectivity index (χ0) is 16.7. The van der Waals surface area contributed by atoms with Gasteiger partial charge in [-0.1, -0.05) is 41.0 Å². The number of nitrogens with one attached hydrogen (secondary N) is 1. The summed E-state index contributed by atoms with van der Waals surface area (Å²) in [7, 11) is 1.77. The number of halogens is 2. The number of carbonyl (C=O) groups is 1. The van der Waals surface area contributed by atoms with Gasteiger partial charge in [-0.05, 0) is 24.0 Å². The second kappa shape index (κ2) is 6.19. The largest absolute Gasteiger partial charge is 0.312 e. The molecule has 1 aliphatic rings. The Labute approximate surface area is 147 Å². The van der Waals surface area contributed by atoms with Crippen LogP contribution >= 0.6 is 35.0 Å². The third-order valence-electron chi connectivity index (χ3n) is 3.83. The Hall–Kier alpha value is -1.50. The quantitative estimate of drug-likeness (QED) is 0.651. The molecule has 3 rings (SSSR count). The van der Waals surface area contributed by atoms with Gasteiger partial charge < -0.3 is 9.88 Å². The van der Waals surface area contributed by atoms with Crippen molar-refractivity contribution in [1.82, 2.24) is 9.55 Å². The summed E-state index contributed by atoms with van der Waals surface area (Å²) in [6, 6.07) is 5.14. The molecule has 8 heteroatoms. The molecule has 1 aromatic carbocycles. The van der Waals surface area contributed by atoms with E-state index in [1.54, 1.807) is 29.8 Å². The first-order valence-corrected chi connectivity index (χ1v) is 8.80. The van der Waals surface area contributed by atoms with Crippen molar-refractivity contribution in [3.63, 3.8) is 0 Å². The lowest BCUT2D eigenvalue weighted by Gasteiger charge is -2.27. The highest BCUT2D eigenvalue weighted by molar-refractivity contribution is 7.98. The Balaban J connectivity index is 2.23. The lowest BCUT2D eigenvalue weighted by Crippen LogP contribution is -2.33. The lowest BCUT2D eigenvalue weighted by molar-refractivity contribution is -0.116. The summed E-state index contributed by atoms with van der Waals surface area (Å²) in [4.78, 5) is 28.7. The van der Waals surface area contributed by atoms with E-state index in [0.29, 0.717) is 26.6 Å². The van der Waals surface area contributed by atoms with E-state index < -0.39 is 5.92 Å². The van der Waals surface area contributed by atoms with Gasteiger partial charge in [0.25, 0.3) is 5.56 Å². The molecule has 120 valence electrons. The normalized spacial score (nSPS) is 16.9. The first-order chi connectivity index (χ1) is 10.9. The number of carbonyl (C=O) groups excluding carboxylic acids is 1. The summed E-state index contributed by atoms with van der Waals surface area (Å²) in [5.41, 5.74) is 0.910. The van der Waals surface area contributed by atoms with Crippen molar-refractivity contribution >= 4 is 46.7 Å². The first-order valence-electron chi connectivity index (χ1n) is 6.82. The highest BCUT2D eigenvalue weighted by atomic mass is 35.5. The van der Waals surface area contributed by atoms with Crippen molar-refractivity contribution in [2.45, 2.75) is 17.5 Å². The van der Waals surface area contributed by atoms with Gasteiger partial charge in [-0.15, -0.1) is 0 Å². The Bertz CT molecular complexity index is 867. The van der Waals surface area contributed by atoms with E-state index in [-0.39, 0.29) is 17.9 Å². The van der Waals surface area contributed by atoms with Gasteiger partial charge in [0.05, 0.1) is 15.6 Å². The highest BCUT2D eigenvalue weighted by Gasteiger charge is 2.32. The average molecular weight is 370 g/mol. The van der Waals surface area contributed by atoms with Crippen LogP contribution in [0.4, 0.5) is 5.82 Å². The number of aromatic nitrogens is 2. The van der Waals surface area contributed by atoms with Crippen LogP contribution < -0.4 is 10.9 Å². The number of rotatable bonds is 2. The van der Waals surface area contributed by atoms with Crippen LogP contribution in [-0.2, 0) is 11.8 Å². The van der Waals surface area contributed by atoms with Gasteiger partial charge in [0.15, 0.2) is 5.16 Å². The molecule has 5 nitrogen and oxygen atoms in total. The molecule has 1 aromatic heterocycles. The van der Waals surface area contributed by atoms with E-state index in [1.807, 2.05) is 6.26 Å². The van der Waals surface area contributed by atoms with Gasteiger partial charge in [0.1, 0.15) is 5.82 Å². The smallest absolute Gasteiger partial charge is 0.279 e. The maximum absolute atomic E-state index is 12.5. The molecule has 23 heavy (non-hydrogen) atoms. The summed E-state index contributed by atoms with van der Waals surface area (Å²) in [6.07, 6.45) is 2.00. The van der Waals surface area contributed by atoms with Crippen LogP contribution in [0.2, 0.25) is 10.0 Å². The summed E-state index contributed by atoms with van der Waals surface area (Å²) in [5, 5.41) is 4.15. The van der Waals surface area contributed by atoms with Crippen molar-refractivity contribution < 1.29 is 4.79 Å². The fraction of sp³-hybridized carbons (Fsp3) is 0.267. The van der Waals surface area contributed by atoms with Gasteiger partial charge in [-0.25, -0.2) is 0 Å². The minimum absolute atomic E-state index is 0.151. The van der Waals surface area contributed by atoms with Crippen LogP contribution in [0.25, 0.3) is 0 Å². The number of fused-ring (bicyclic) bond motifs is 1. The molecule has 0 bridgehead atoms. The molecule has 2 heterocycles. The molecule has 2 aromatic rings. The molecule has 1 aliphatic heterocycles. The zero-order valence-electron chi connectivity index (χ0n) is 12.4. The Morgan fingerprint density at radius 3 is 2.70 bits per heavy atom. The van der Waals surface area contributed by atoms with Crippen molar-refractivity contribution in [3.8, 4) is 0 Å². The average Bonchev–Trinajstić information content (AvgIpc) is 2.52.